The van der Waals surface area contributed by atoms with Crippen LogP contribution in [0.4, 0.5) is 30.7 Å². The molecule has 0 bridgehead atoms. The Balaban J connectivity index is 1.83. The Morgan fingerprint density at radius 2 is 1.74 bits per heavy atom. The number of rotatable bonds is 4. The van der Waals surface area contributed by atoms with Gasteiger partial charge in [0.1, 0.15) is 6.17 Å². The topological polar surface area (TPSA) is 79.8 Å². The second kappa shape index (κ2) is 8.36. The van der Waals surface area contributed by atoms with Crippen molar-refractivity contribution < 1.29 is 35.5 Å². The molecule has 2 unspecified atom stereocenters. The predicted molar refractivity (Wildman–Crippen MR) is 93.0 cm³/mol. The van der Waals surface area contributed by atoms with Gasteiger partial charge in [0.2, 0.25) is 11.7 Å². The van der Waals surface area contributed by atoms with Crippen LogP contribution in [-0.4, -0.2) is 39.1 Å². The van der Waals surface area contributed by atoms with Gasteiger partial charge < -0.3 is 10.6 Å². The molecule has 168 valence electrons. The Morgan fingerprint density at radius 3 is 2.26 bits per heavy atom. The summed E-state index contributed by atoms with van der Waals surface area (Å²) in [5.74, 6) is -2.07. The number of halogens is 7. The first-order chi connectivity index (χ1) is 14.4. The van der Waals surface area contributed by atoms with Crippen LogP contribution in [0, 0.1) is 0 Å². The Bertz CT molecular complexity index is 936. The molecule has 1 aliphatic heterocycles. The number of nitrogens with one attached hydrogen (secondary N) is 2. The van der Waals surface area contributed by atoms with Crippen molar-refractivity contribution in [2.45, 2.75) is 50.5 Å². The van der Waals surface area contributed by atoms with E-state index in [1.807, 2.05) is 0 Å². The molecule has 0 saturated carbocycles. The van der Waals surface area contributed by atoms with Crippen molar-refractivity contribution in [2.24, 2.45) is 0 Å². The lowest BCUT2D eigenvalue weighted by Crippen LogP contribution is -2.42. The lowest BCUT2D eigenvalue weighted by Gasteiger charge is -2.16. The molecule has 0 aromatic carbocycles. The molecule has 1 amide bonds. The van der Waals surface area contributed by atoms with Crippen LogP contribution >= 0.6 is 0 Å². The second-order valence-corrected chi connectivity index (χ2v) is 6.99. The van der Waals surface area contributed by atoms with Gasteiger partial charge in [0.25, 0.3) is 0 Å². The Morgan fingerprint density at radius 1 is 1.10 bits per heavy atom. The molecule has 1 saturated heterocycles. The summed E-state index contributed by atoms with van der Waals surface area (Å²) in [5, 5.41) is 5.04. The van der Waals surface area contributed by atoms with Crippen LogP contribution in [0.25, 0.3) is 11.3 Å². The molecule has 1 aliphatic rings. The van der Waals surface area contributed by atoms with Gasteiger partial charge in [-0.05, 0) is 18.6 Å². The van der Waals surface area contributed by atoms with E-state index < -0.39 is 54.4 Å². The lowest BCUT2D eigenvalue weighted by atomic mass is 10.1. The van der Waals surface area contributed by atoms with E-state index in [0.717, 1.165) is 18.5 Å². The molecule has 2 aromatic heterocycles. The van der Waals surface area contributed by atoms with Gasteiger partial charge in [0, 0.05) is 43.2 Å². The molecule has 3 atom stereocenters. The van der Waals surface area contributed by atoms with Crippen LogP contribution in [0.1, 0.15) is 30.3 Å². The van der Waals surface area contributed by atoms with E-state index in [0.29, 0.717) is 6.20 Å². The number of carbonyl (C=O) groups excluding carboxylic acids is 1. The zero-order chi connectivity index (χ0) is 23.0. The summed E-state index contributed by atoms with van der Waals surface area (Å²) in [6.07, 6.45) is -8.82. The van der Waals surface area contributed by atoms with Gasteiger partial charge >= 0.3 is 12.4 Å². The lowest BCUT2D eigenvalue weighted by molar-refractivity contribution is -0.145. The summed E-state index contributed by atoms with van der Waals surface area (Å²) in [5.41, 5.74) is -1.64. The first-order valence-corrected chi connectivity index (χ1v) is 9.00. The summed E-state index contributed by atoms with van der Waals surface area (Å²) >= 11 is 0. The maximum atomic E-state index is 13.6. The van der Waals surface area contributed by atoms with Gasteiger partial charge in [0.15, 0.2) is 0 Å². The number of amides is 1. The number of aromatic nitrogens is 3. The van der Waals surface area contributed by atoms with Crippen LogP contribution in [0.15, 0.2) is 24.7 Å². The van der Waals surface area contributed by atoms with Crippen molar-refractivity contribution in [3.8, 4) is 11.3 Å². The zero-order valence-corrected chi connectivity index (χ0v) is 15.9. The third-order valence-electron chi connectivity index (χ3n) is 4.73. The smallest absolute Gasteiger partial charge is 0.351 e. The number of alkyl halides is 7. The molecular formula is C18H16F7N5O. The Hall–Kier alpha value is -2.83. The van der Waals surface area contributed by atoms with E-state index in [4.69, 9.17) is 0 Å². The van der Waals surface area contributed by atoms with Gasteiger partial charge in [0.05, 0.1) is 17.3 Å². The molecule has 0 radical (unpaired) electrons. The zero-order valence-electron chi connectivity index (χ0n) is 15.9. The highest BCUT2D eigenvalue weighted by Gasteiger charge is 2.37. The van der Waals surface area contributed by atoms with E-state index >= 15 is 0 Å². The van der Waals surface area contributed by atoms with E-state index in [-0.39, 0.29) is 23.2 Å². The maximum absolute atomic E-state index is 13.6. The largest absolute Gasteiger partial charge is 0.451 e. The second-order valence-electron chi connectivity index (χ2n) is 6.99. The molecule has 1 fully saturated rings. The van der Waals surface area contributed by atoms with Crippen molar-refractivity contribution >= 4 is 5.91 Å². The van der Waals surface area contributed by atoms with Crippen LogP contribution in [0.2, 0.25) is 0 Å². The van der Waals surface area contributed by atoms with Crippen molar-refractivity contribution in [3.63, 3.8) is 0 Å². The monoisotopic (exact) mass is 451 g/mol. The highest BCUT2D eigenvalue weighted by atomic mass is 19.4. The van der Waals surface area contributed by atoms with Crippen LogP contribution in [0.5, 0.6) is 0 Å². The fourth-order valence-corrected chi connectivity index (χ4v) is 3.07. The van der Waals surface area contributed by atoms with Gasteiger partial charge in [-0.25, -0.2) is 14.4 Å². The molecule has 2 N–H and O–H groups in total. The minimum atomic E-state index is -4.79. The minimum absolute atomic E-state index is 0.0409. The quantitative estimate of drug-likeness (QED) is 0.698. The highest BCUT2D eigenvalue weighted by molar-refractivity contribution is 5.82. The van der Waals surface area contributed by atoms with Gasteiger partial charge in [-0.15, -0.1) is 0 Å². The average molecular weight is 451 g/mol. The van der Waals surface area contributed by atoms with E-state index in [2.05, 4.69) is 25.6 Å². The summed E-state index contributed by atoms with van der Waals surface area (Å²) in [6.45, 7) is 0.995. The molecule has 31 heavy (non-hydrogen) atoms. The summed E-state index contributed by atoms with van der Waals surface area (Å²) in [6, 6.07) is -0.463. The minimum Gasteiger partial charge on any atom is -0.351 e. The molecule has 13 heteroatoms. The summed E-state index contributed by atoms with van der Waals surface area (Å²) in [7, 11) is 0. The van der Waals surface area contributed by atoms with Crippen molar-refractivity contribution in [3.05, 3.63) is 41.6 Å². The highest BCUT2D eigenvalue weighted by Crippen LogP contribution is 2.33. The maximum Gasteiger partial charge on any atom is 0.451 e. The van der Waals surface area contributed by atoms with E-state index in [9.17, 15) is 35.5 Å². The molecule has 0 aliphatic carbocycles. The Kier molecular flexibility index (Phi) is 6.16. The molecule has 3 rings (SSSR count). The first-order valence-electron chi connectivity index (χ1n) is 9.00. The number of carbonyl (C=O) groups is 1. The molecule has 6 nitrogen and oxygen atoms in total. The molecular weight excluding hydrogens is 435 g/mol. The van der Waals surface area contributed by atoms with E-state index in [1.165, 1.54) is 0 Å². The first kappa shape index (κ1) is 22.8. The molecule has 3 heterocycles. The average Bonchev–Trinajstić information content (AvgIpc) is 3.03. The van der Waals surface area contributed by atoms with Gasteiger partial charge in [-0.3, -0.25) is 9.78 Å². The number of hydrogen-bond donors (Lipinski definition) is 2. The fraction of sp³-hybridized carbons (Fsp3) is 0.444. The predicted octanol–water partition coefficient (Wildman–Crippen LogP) is 3.28. The van der Waals surface area contributed by atoms with Crippen molar-refractivity contribution in [1.29, 1.82) is 0 Å². The number of pyridine rings is 1. The van der Waals surface area contributed by atoms with Gasteiger partial charge in [-0.1, -0.05) is 0 Å². The summed E-state index contributed by atoms with van der Waals surface area (Å²) in [4.78, 5) is 22.1. The van der Waals surface area contributed by atoms with Crippen LogP contribution in [-0.2, 0) is 23.7 Å². The normalized spacial score (nSPS) is 21.9. The number of hydrogen-bond acceptors (Lipinski definition) is 5. The van der Waals surface area contributed by atoms with Crippen molar-refractivity contribution in [2.75, 3.05) is 0 Å². The molecule has 0 spiro atoms. The van der Waals surface area contributed by atoms with Crippen LogP contribution in [0.3, 0.4) is 0 Å². The summed E-state index contributed by atoms with van der Waals surface area (Å²) < 4.78 is 91.3. The Labute approximate surface area is 171 Å². The van der Waals surface area contributed by atoms with Crippen LogP contribution < -0.4 is 10.6 Å². The SMILES string of the molecule is CC1NC(C(=O)NCc2cc(-c3cnc(C(F)(F)F)nc3)ncc2C(F)(F)F)C[C@H]1F. The number of nitrogens with zero attached hydrogens (tertiary/aromatic N) is 3. The van der Waals surface area contributed by atoms with Gasteiger partial charge in [-0.2, -0.15) is 26.3 Å². The third kappa shape index (κ3) is 5.27. The standard InChI is InChI=1S/C18H16F7N5O/c1-8-12(19)3-14(30-8)15(31)27-4-9-2-13(26-7-11(9)17(20,21)22)10-5-28-16(29-6-10)18(23,24)25/h2,5-8,12,14,30H,3-4H2,1H3,(H,27,31)/t8?,12-,14?/m1/s1. The fourth-order valence-electron chi connectivity index (χ4n) is 3.07. The molecule has 2 aromatic rings. The van der Waals surface area contributed by atoms with E-state index in [1.54, 1.807) is 6.92 Å². The van der Waals surface area contributed by atoms with Crippen molar-refractivity contribution in [1.82, 2.24) is 25.6 Å². The third-order valence-corrected chi connectivity index (χ3v) is 4.73.